The summed E-state index contributed by atoms with van der Waals surface area (Å²) in [5.74, 6) is 1.79. The van der Waals surface area contributed by atoms with Gasteiger partial charge in [-0.15, -0.1) is 0 Å². The molecule has 0 spiro atoms. The van der Waals surface area contributed by atoms with Crippen molar-refractivity contribution < 1.29 is 9.26 Å². The quantitative estimate of drug-likeness (QED) is 0.726. The van der Waals surface area contributed by atoms with Crippen molar-refractivity contribution in [2.45, 2.75) is 12.1 Å². The molecule has 1 aliphatic heterocycles. The van der Waals surface area contributed by atoms with E-state index in [1.807, 2.05) is 42.5 Å². The smallest absolute Gasteiger partial charge is 0.272 e. The fraction of sp³-hybridized carbons (Fsp3) is 0.300. The number of likely N-dealkylation sites (N-methyl/N-ethyl adjacent to an activating group) is 1. The Labute approximate surface area is 163 Å². The highest BCUT2D eigenvalue weighted by atomic mass is 35.5. The van der Waals surface area contributed by atoms with Crippen molar-refractivity contribution in [3.8, 4) is 5.75 Å². The van der Waals surface area contributed by atoms with Crippen molar-refractivity contribution in [2.24, 2.45) is 0 Å². The molecule has 4 rings (SSSR count). The Morgan fingerprint density at radius 2 is 1.96 bits per heavy atom. The van der Waals surface area contributed by atoms with Crippen molar-refractivity contribution in [1.82, 2.24) is 20.4 Å². The molecule has 3 aromatic rings. The van der Waals surface area contributed by atoms with Gasteiger partial charge in [0.15, 0.2) is 5.82 Å². The zero-order valence-electron chi connectivity index (χ0n) is 15.0. The maximum absolute atomic E-state index is 6.18. The molecular weight excluding hydrogens is 364 g/mol. The van der Waals surface area contributed by atoms with Gasteiger partial charge in [0.25, 0.3) is 5.89 Å². The third kappa shape index (κ3) is 4.13. The Hall–Kier alpha value is -2.41. The molecule has 1 fully saturated rings. The van der Waals surface area contributed by atoms with Crippen LogP contribution in [0.25, 0.3) is 0 Å². The standard InChI is InChI=1S/C20H21ClN4O2/c1-25-12-11-22-13-17(25)19-23-20(27-24-19)18(14-5-3-2-4-6-14)26-16-9-7-15(21)8-10-16/h2-10,17-18,22H,11-13H2,1H3. The Kier molecular flexibility index (Phi) is 5.38. The lowest BCUT2D eigenvalue weighted by molar-refractivity contribution is 0.185. The Balaban J connectivity index is 1.63. The van der Waals surface area contributed by atoms with Gasteiger partial charge in [0.2, 0.25) is 6.10 Å². The van der Waals surface area contributed by atoms with Crippen LogP contribution in [0, 0.1) is 0 Å². The molecule has 0 radical (unpaired) electrons. The Bertz CT molecular complexity index is 869. The second-order valence-corrected chi connectivity index (χ2v) is 6.99. The van der Waals surface area contributed by atoms with Crippen molar-refractivity contribution in [3.05, 3.63) is 76.9 Å². The maximum atomic E-state index is 6.18. The van der Waals surface area contributed by atoms with Crippen LogP contribution in [0.1, 0.15) is 29.4 Å². The molecule has 27 heavy (non-hydrogen) atoms. The lowest BCUT2D eigenvalue weighted by Gasteiger charge is -2.30. The van der Waals surface area contributed by atoms with Crippen molar-refractivity contribution in [2.75, 3.05) is 26.7 Å². The Morgan fingerprint density at radius 3 is 2.70 bits per heavy atom. The number of nitrogens with zero attached hydrogens (tertiary/aromatic N) is 3. The van der Waals surface area contributed by atoms with E-state index >= 15 is 0 Å². The van der Waals surface area contributed by atoms with Gasteiger partial charge in [-0.2, -0.15) is 4.98 Å². The summed E-state index contributed by atoms with van der Waals surface area (Å²) in [6.07, 6.45) is -0.490. The number of piperazine rings is 1. The van der Waals surface area contributed by atoms with E-state index in [0.29, 0.717) is 22.5 Å². The highest BCUT2D eigenvalue weighted by Crippen LogP contribution is 2.29. The molecule has 1 aromatic heterocycles. The van der Waals surface area contributed by atoms with E-state index in [2.05, 4.69) is 27.4 Å². The number of halogens is 1. The highest BCUT2D eigenvalue weighted by molar-refractivity contribution is 6.30. The van der Waals surface area contributed by atoms with E-state index in [0.717, 1.165) is 25.2 Å². The molecular formula is C20H21ClN4O2. The maximum Gasteiger partial charge on any atom is 0.272 e. The number of hydrogen-bond acceptors (Lipinski definition) is 6. The average Bonchev–Trinajstić information content (AvgIpc) is 3.18. The van der Waals surface area contributed by atoms with E-state index in [4.69, 9.17) is 20.9 Å². The second-order valence-electron chi connectivity index (χ2n) is 6.55. The summed E-state index contributed by atoms with van der Waals surface area (Å²) in [6, 6.07) is 17.2. The van der Waals surface area contributed by atoms with Gasteiger partial charge in [0.05, 0.1) is 6.04 Å². The van der Waals surface area contributed by atoms with Gasteiger partial charge in [0, 0.05) is 30.2 Å². The van der Waals surface area contributed by atoms with E-state index in [9.17, 15) is 0 Å². The van der Waals surface area contributed by atoms with Crippen LogP contribution in [0.5, 0.6) is 5.75 Å². The second kappa shape index (κ2) is 8.08. The summed E-state index contributed by atoms with van der Waals surface area (Å²) < 4.78 is 11.8. The van der Waals surface area contributed by atoms with Gasteiger partial charge >= 0.3 is 0 Å². The fourth-order valence-electron chi connectivity index (χ4n) is 3.12. The van der Waals surface area contributed by atoms with Gasteiger partial charge in [-0.05, 0) is 31.3 Å². The van der Waals surface area contributed by atoms with Crippen LogP contribution in [-0.2, 0) is 0 Å². The van der Waals surface area contributed by atoms with Crippen molar-refractivity contribution in [3.63, 3.8) is 0 Å². The molecule has 1 N–H and O–H groups in total. The first kappa shape index (κ1) is 18.0. The molecule has 2 heterocycles. The minimum Gasteiger partial charge on any atom is -0.476 e. The SMILES string of the molecule is CN1CCNCC1c1noc(C(Oc2ccc(Cl)cc2)c2ccccc2)n1. The number of benzene rings is 2. The third-order valence-electron chi connectivity index (χ3n) is 4.66. The molecule has 6 nitrogen and oxygen atoms in total. The highest BCUT2D eigenvalue weighted by Gasteiger charge is 2.29. The van der Waals surface area contributed by atoms with Gasteiger partial charge in [-0.3, -0.25) is 4.90 Å². The molecule has 7 heteroatoms. The molecule has 0 amide bonds. The minimum atomic E-state index is -0.490. The lowest BCUT2D eigenvalue weighted by Crippen LogP contribution is -2.44. The topological polar surface area (TPSA) is 63.4 Å². The third-order valence-corrected chi connectivity index (χ3v) is 4.91. The zero-order valence-corrected chi connectivity index (χ0v) is 15.8. The van der Waals surface area contributed by atoms with Gasteiger partial charge < -0.3 is 14.6 Å². The monoisotopic (exact) mass is 384 g/mol. The van der Waals surface area contributed by atoms with Crippen LogP contribution >= 0.6 is 11.6 Å². The van der Waals surface area contributed by atoms with Crippen LogP contribution < -0.4 is 10.1 Å². The molecule has 1 saturated heterocycles. The molecule has 0 bridgehead atoms. The molecule has 2 unspecified atom stereocenters. The summed E-state index contributed by atoms with van der Waals surface area (Å²) in [4.78, 5) is 6.89. The van der Waals surface area contributed by atoms with Gasteiger partial charge in [0.1, 0.15) is 5.75 Å². The molecule has 140 valence electrons. The summed E-state index contributed by atoms with van der Waals surface area (Å²) >= 11 is 5.98. The predicted octanol–water partition coefficient (Wildman–Crippen LogP) is 3.47. The molecule has 0 saturated carbocycles. The van der Waals surface area contributed by atoms with Gasteiger partial charge in [-0.1, -0.05) is 47.1 Å². The molecule has 2 aromatic carbocycles. The van der Waals surface area contributed by atoms with Crippen molar-refractivity contribution >= 4 is 11.6 Å². The first-order valence-corrected chi connectivity index (χ1v) is 9.30. The van der Waals surface area contributed by atoms with Crippen LogP contribution in [0.3, 0.4) is 0 Å². The zero-order chi connectivity index (χ0) is 18.6. The number of rotatable bonds is 5. The van der Waals surface area contributed by atoms with Crippen LogP contribution in [0.15, 0.2) is 59.1 Å². The largest absolute Gasteiger partial charge is 0.476 e. The predicted molar refractivity (Wildman–Crippen MR) is 103 cm³/mol. The van der Waals surface area contributed by atoms with Gasteiger partial charge in [-0.25, -0.2) is 0 Å². The molecule has 2 atom stereocenters. The first-order chi connectivity index (χ1) is 13.2. The van der Waals surface area contributed by atoms with Crippen LogP contribution in [-0.4, -0.2) is 41.7 Å². The Morgan fingerprint density at radius 1 is 1.19 bits per heavy atom. The van der Waals surface area contributed by atoms with E-state index in [1.165, 1.54) is 0 Å². The van der Waals surface area contributed by atoms with Crippen molar-refractivity contribution in [1.29, 1.82) is 0 Å². The average molecular weight is 385 g/mol. The lowest BCUT2D eigenvalue weighted by atomic mass is 10.1. The molecule has 0 aliphatic carbocycles. The summed E-state index contributed by atoms with van der Waals surface area (Å²) in [5, 5.41) is 8.25. The van der Waals surface area contributed by atoms with E-state index in [-0.39, 0.29) is 6.04 Å². The van der Waals surface area contributed by atoms with E-state index in [1.54, 1.807) is 12.1 Å². The van der Waals surface area contributed by atoms with E-state index < -0.39 is 6.10 Å². The first-order valence-electron chi connectivity index (χ1n) is 8.92. The normalized spacial score (nSPS) is 19.0. The van der Waals surface area contributed by atoms with Crippen LogP contribution in [0.4, 0.5) is 0 Å². The number of nitrogens with one attached hydrogen (secondary N) is 1. The minimum absolute atomic E-state index is 0.0863. The van der Waals surface area contributed by atoms with Crippen LogP contribution in [0.2, 0.25) is 5.02 Å². The number of hydrogen-bond donors (Lipinski definition) is 1. The molecule has 1 aliphatic rings. The summed E-state index contributed by atoms with van der Waals surface area (Å²) in [6.45, 7) is 2.70. The fourth-order valence-corrected chi connectivity index (χ4v) is 3.25. The number of ether oxygens (including phenoxy) is 1. The summed E-state index contributed by atoms with van der Waals surface area (Å²) in [7, 11) is 2.07. The number of aromatic nitrogens is 2. The summed E-state index contributed by atoms with van der Waals surface area (Å²) in [5.41, 5.74) is 0.942.